The van der Waals surface area contributed by atoms with E-state index in [2.05, 4.69) is 5.32 Å². The van der Waals surface area contributed by atoms with E-state index in [1.807, 2.05) is 0 Å². The van der Waals surface area contributed by atoms with Crippen LogP contribution in [0.15, 0.2) is 18.2 Å². The Balaban J connectivity index is 1.97. The van der Waals surface area contributed by atoms with Crippen LogP contribution in [0.1, 0.15) is 12.8 Å². The first kappa shape index (κ1) is 14.6. The van der Waals surface area contributed by atoms with Crippen molar-refractivity contribution in [1.29, 1.82) is 0 Å². The summed E-state index contributed by atoms with van der Waals surface area (Å²) in [4.78, 5) is 25.0. The topological polar surface area (TPSA) is 101 Å². The summed E-state index contributed by atoms with van der Waals surface area (Å²) < 4.78 is 0. The summed E-state index contributed by atoms with van der Waals surface area (Å²) in [5.41, 5.74) is 11.9. The van der Waals surface area contributed by atoms with Gasteiger partial charge in [-0.15, -0.1) is 0 Å². The van der Waals surface area contributed by atoms with Crippen LogP contribution in [-0.4, -0.2) is 35.8 Å². The summed E-state index contributed by atoms with van der Waals surface area (Å²) in [5.74, 6) is -0.620. The predicted octanol–water partition coefficient (Wildman–Crippen LogP) is 0.810. The number of amides is 2. The lowest BCUT2D eigenvalue weighted by Gasteiger charge is -2.21. The summed E-state index contributed by atoms with van der Waals surface area (Å²) in [7, 11) is 0. The summed E-state index contributed by atoms with van der Waals surface area (Å²) in [6, 6.07) is 4.51. The van der Waals surface area contributed by atoms with Crippen LogP contribution in [0.2, 0.25) is 5.02 Å². The van der Waals surface area contributed by atoms with Crippen LogP contribution in [0, 0.1) is 0 Å². The zero-order valence-electron chi connectivity index (χ0n) is 10.9. The summed E-state index contributed by atoms with van der Waals surface area (Å²) >= 11 is 5.99. The highest BCUT2D eigenvalue weighted by Gasteiger charge is 2.30. The van der Waals surface area contributed by atoms with Crippen molar-refractivity contribution in [2.24, 2.45) is 5.73 Å². The number of anilines is 2. The molecule has 1 aliphatic heterocycles. The molecule has 0 radical (unpaired) electrons. The van der Waals surface area contributed by atoms with Gasteiger partial charge in [-0.3, -0.25) is 14.5 Å². The molecule has 0 bridgehead atoms. The number of nitrogens with two attached hydrogens (primary N) is 2. The number of rotatable bonds is 4. The van der Waals surface area contributed by atoms with Gasteiger partial charge in [0.05, 0.1) is 23.3 Å². The normalized spacial score (nSPS) is 18.9. The maximum Gasteiger partial charge on any atom is 0.238 e. The van der Waals surface area contributed by atoms with Gasteiger partial charge in [0, 0.05) is 5.69 Å². The third-order valence-corrected chi connectivity index (χ3v) is 3.62. The van der Waals surface area contributed by atoms with Crippen molar-refractivity contribution in [2.45, 2.75) is 18.9 Å². The van der Waals surface area contributed by atoms with E-state index in [9.17, 15) is 9.59 Å². The van der Waals surface area contributed by atoms with Crippen LogP contribution in [0.5, 0.6) is 0 Å². The van der Waals surface area contributed by atoms with Gasteiger partial charge in [0.2, 0.25) is 11.8 Å². The van der Waals surface area contributed by atoms with Gasteiger partial charge in [0.25, 0.3) is 0 Å². The molecule has 108 valence electrons. The number of nitrogens with one attached hydrogen (secondary N) is 1. The maximum absolute atomic E-state index is 12.0. The standard InChI is InChI=1S/C13H17ClN4O2/c14-9-6-8(15)3-4-10(9)17-12(19)7-18-5-1-2-11(18)13(16)20/h3-4,6,11H,1-2,5,7,15H2,(H2,16,20)(H,17,19). The minimum absolute atomic E-state index is 0.119. The molecule has 1 saturated heterocycles. The van der Waals surface area contributed by atoms with Crippen molar-refractivity contribution < 1.29 is 9.59 Å². The molecule has 1 aromatic rings. The van der Waals surface area contributed by atoms with Crippen molar-refractivity contribution in [3.05, 3.63) is 23.2 Å². The van der Waals surface area contributed by atoms with E-state index in [0.717, 1.165) is 6.42 Å². The average Bonchev–Trinajstić information content (AvgIpc) is 2.81. The Kier molecular flexibility index (Phi) is 4.46. The molecule has 20 heavy (non-hydrogen) atoms. The van der Waals surface area contributed by atoms with Gasteiger partial charge in [-0.25, -0.2) is 0 Å². The molecule has 0 aromatic heterocycles. The fraction of sp³-hybridized carbons (Fsp3) is 0.385. The van der Waals surface area contributed by atoms with Gasteiger partial charge in [0.15, 0.2) is 0 Å². The van der Waals surface area contributed by atoms with E-state index in [4.69, 9.17) is 23.1 Å². The monoisotopic (exact) mass is 296 g/mol. The number of carbonyl (C=O) groups excluding carboxylic acids is 2. The predicted molar refractivity (Wildman–Crippen MR) is 78.3 cm³/mol. The van der Waals surface area contributed by atoms with Crippen LogP contribution >= 0.6 is 11.6 Å². The summed E-state index contributed by atoms with van der Waals surface area (Å²) in [5, 5.41) is 3.08. The number of carbonyl (C=O) groups is 2. The van der Waals surface area contributed by atoms with Crippen LogP contribution in [-0.2, 0) is 9.59 Å². The molecule has 6 nitrogen and oxygen atoms in total. The molecule has 1 heterocycles. The number of nitrogens with zero attached hydrogens (tertiary/aromatic N) is 1. The second-order valence-electron chi connectivity index (χ2n) is 4.82. The maximum atomic E-state index is 12.0. The molecule has 2 rings (SSSR count). The van der Waals surface area contributed by atoms with Crippen LogP contribution in [0.3, 0.4) is 0 Å². The van der Waals surface area contributed by atoms with Gasteiger partial charge in [0.1, 0.15) is 0 Å². The first-order valence-electron chi connectivity index (χ1n) is 6.35. The Morgan fingerprint density at radius 3 is 2.85 bits per heavy atom. The minimum atomic E-state index is -0.388. The van der Waals surface area contributed by atoms with Crippen molar-refractivity contribution >= 4 is 34.8 Å². The van der Waals surface area contributed by atoms with Gasteiger partial charge in [-0.1, -0.05) is 11.6 Å². The molecular formula is C13H17ClN4O2. The van der Waals surface area contributed by atoms with Crippen molar-refractivity contribution in [3.8, 4) is 0 Å². The van der Waals surface area contributed by atoms with E-state index in [1.54, 1.807) is 23.1 Å². The highest BCUT2D eigenvalue weighted by molar-refractivity contribution is 6.34. The Bertz CT molecular complexity index is 535. The number of hydrogen-bond donors (Lipinski definition) is 3. The third kappa shape index (κ3) is 3.40. The fourth-order valence-electron chi connectivity index (χ4n) is 2.34. The Morgan fingerprint density at radius 2 is 2.20 bits per heavy atom. The number of halogens is 1. The third-order valence-electron chi connectivity index (χ3n) is 3.31. The molecule has 1 aromatic carbocycles. The van der Waals surface area contributed by atoms with Crippen molar-refractivity contribution in [1.82, 2.24) is 4.90 Å². The molecular weight excluding hydrogens is 280 g/mol. The van der Waals surface area contributed by atoms with Crippen molar-refractivity contribution in [3.63, 3.8) is 0 Å². The molecule has 0 saturated carbocycles. The van der Waals surface area contributed by atoms with E-state index >= 15 is 0 Å². The van der Waals surface area contributed by atoms with Crippen molar-refractivity contribution in [2.75, 3.05) is 24.1 Å². The number of nitrogen functional groups attached to an aromatic ring is 1. The first-order chi connectivity index (χ1) is 9.47. The number of likely N-dealkylation sites (tertiary alicyclic amines) is 1. The average molecular weight is 297 g/mol. The lowest BCUT2D eigenvalue weighted by Crippen LogP contribution is -2.43. The molecule has 5 N–H and O–H groups in total. The van der Waals surface area contributed by atoms with Gasteiger partial charge in [-0.05, 0) is 37.6 Å². The summed E-state index contributed by atoms with van der Waals surface area (Å²) in [6.07, 6.45) is 1.56. The lowest BCUT2D eigenvalue weighted by atomic mass is 10.2. The summed E-state index contributed by atoms with van der Waals surface area (Å²) in [6.45, 7) is 0.810. The van der Waals surface area contributed by atoms with Crippen LogP contribution in [0.4, 0.5) is 11.4 Å². The number of hydrogen-bond acceptors (Lipinski definition) is 4. The SMILES string of the molecule is NC(=O)C1CCCN1CC(=O)Nc1ccc(N)cc1Cl. The van der Waals surface area contributed by atoms with Gasteiger partial charge >= 0.3 is 0 Å². The molecule has 0 spiro atoms. The number of primary amides is 1. The molecule has 1 atom stereocenters. The largest absolute Gasteiger partial charge is 0.399 e. The van der Waals surface area contributed by atoms with Crippen LogP contribution in [0.25, 0.3) is 0 Å². The molecule has 1 aliphatic rings. The zero-order valence-corrected chi connectivity index (χ0v) is 11.7. The molecule has 7 heteroatoms. The lowest BCUT2D eigenvalue weighted by molar-refractivity contribution is -0.123. The van der Waals surface area contributed by atoms with Crippen LogP contribution < -0.4 is 16.8 Å². The van der Waals surface area contributed by atoms with E-state index in [-0.39, 0.29) is 24.4 Å². The minimum Gasteiger partial charge on any atom is -0.399 e. The molecule has 0 aliphatic carbocycles. The molecule has 2 amide bonds. The van der Waals surface area contributed by atoms with Gasteiger partial charge < -0.3 is 16.8 Å². The Morgan fingerprint density at radius 1 is 1.45 bits per heavy atom. The fourth-order valence-corrected chi connectivity index (χ4v) is 2.58. The molecule has 1 fully saturated rings. The van der Waals surface area contributed by atoms with Gasteiger partial charge in [-0.2, -0.15) is 0 Å². The Hall–Kier alpha value is -1.79. The first-order valence-corrected chi connectivity index (χ1v) is 6.73. The smallest absolute Gasteiger partial charge is 0.238 e. The highest BCUT2D eigenvalue weighted by Crippen LogP contribution is 2.24. The van der Waals surface area contributed by atoms with E-state index in [0.29, 0.717) is 29.4 Å². The molecule has 1 unspecified atom stereocenters. The highest BCUT2D eigenvalue weighted by atomic mass is 35.5. The number of benzene rings is 1. The Labute approximate surface area is 122 Å². The second kappa shape index (κ2) is 6.11. The van der Waals surface area contributed by atoms with E-state index in [1.165, 1.54) is 0 Å². The zero-order chi connectivity index (χ0) is 14.7. The van der Waals surface area contributed by atoms with E-state index < -0.39 is 0 Å². The second-order valence-corrected chi connectivity index (χ2v) is 5.23. The quantitative estimate of drug-likeness (QED) is 0.716.